The standard InChI is InChI=1S/C17H15FN4O3/c18-12-5-6-13-14(10-12)21-16(20-13)7-8-19-17(23)9-11-3-1-2-4-15(11)22(24)25/h1-6,10H,7-9H2,(H,19,23)(H,20,21). The van der Waals surface area contributed by atoms with Crippen LogP contribution < -0.4 is 5.32 Å². The van der Waals surface area contributed by atoms with Crippen LogP contribution >= 0.6 is 0 Å². The Balaban J connectivity index is 1.56. The number of amides is 1. The Kier molecular flexibility index (Phi) is 4.69. The molecule has 0 aliphatic carbocycles. The van der Waals surface area contributed by atoms with Gasteiger partial charge in [-0.1, -0.05) is 18.2 Å². The van der Waals surface area contributed by atoms with Crippen LogP contribution in [0, 0.1) is 15.9 Å². The molecule has 0 unspecified atom stereocenters. The lowest BCUT2D eigenvalue weighted by Gasteiger charge is -2.05. The summed E-state index contributed by atoms with van der Waals surface area (Å²) in [4.78, 5) is 29.7. The van der Waals surface area contributed by atoms with Crippen molar-refractivity contribution in [2.75, 3.05) is 6.54 Å². The summed E-state index contributed by atoms with van der Waals surface area (Å²) >= 11 is 0. The maximum absolute atomic E-state index is 13.1. The van der Waals surface area contributed by atoms with E-state index < -0.39 is 4.92 Å². The first-order chi connectivity index (χ1) is 12.0. The van der Waals surface area contributed by atoms with Gasteiger partial charge in [0.2, 0.25) is 5.91 Å². The number of nitrogens with zero attached hydrogens (tertiary/aromatic N) is 2. The number of H-pyrrole nitrogens is 1. The molecule has 8 heteroatoms. The topological polar surface area (TPSA) is 101 Å². The smallest absolute Gasteiger partial charge is 0.273 e. The number of para-hydroxylation sites is 1. The van der Waals surface area contributed by atoms with Crippen molar-refractivity contribution in [2.24, 2.45) is 0 Å². The van der Waals surface area contributed by atoms with Gasteiger partial charge in [-0.25, -0.2) is 9.37 Å². The number of hydrogen-bond donors (Lipinski definition) is 2. The van der Waals surface area contributed by atoms with Gasteiger partial charge < -0.3 is 10.3 Å². The average molecular weight is 342 g/mol. The second kappa shape index (κ2) is 7.08. The Bertz CT molecular complexity index is 939. The number of halogens is 1. The molecule has 0 aliphatic rings. The predicted molar refractivity (Wildman–Crippen MR) is 89.6 cm³/mol. The van der Waals surface area contributed by atoms with E-state index in [-0.39, 0.29) is 23.8 Å². The van der Waals surface area contributed by atoms with Crippen LogP contribution in [0.3, 0.4) is 0 Å². The van der Waals surface area contributed by atoms with Gasteiger partial charge in [-0.2, -0.15) is 0 Å². The molecule has 0 radical (unpaired) electrons. The summed E-state index contributed by atoms with van der Waals surface area (Å²) in [5.74, 6) is -0.0245. The number of imidazole rings is 1. The van der Waals surface area contributed by atoms with Gasteiger partial charge in [-0.05, 0) is 18.2 Å². The quantitative estimate of drug-likeness (QED) is 0.531. The molecule has 2 aromatic carbocycles. The number of rotatable bonds is 6. The van der Waals surface area contributed by atoms with Crippen molar-refractivity contribution in [3.63, 3.8) is 0 Å². The summed E-state index contributed by atoms with van der Waals surface area (Å²) in [6.45, 7) is 0.321. The van der Waals surface area contributed by atoms with Crippen molar-refractivity contribution in [1.29, 1.82) is 0 Å². The summed E-state index contributed by atoms with van der Waals surface area (Å²) < 4.78 is 13.1. The largest absolute Gasteiger partial charge is 0.355 e. The second-order valence-corrected chi connectivity index (χ2v) is 5.51. The number of nitro groups is 1. The zero-order chi connectivity index (χ0) is 17.8. The molecule has 1 amide bonds. The monoisotopic (exact) mass is 342 g/mol. The number of carbonyl (C=O) groups excluding carboxylic acids is 1. The Morgan fingerprint density at radius 3 is 2.88 bits per heavy atom. The Labute approximate surface area is 142 Å². The molecule has 0 saturated carbocycles. The molecule has 3 aromatic rings. The number of carbonyl (C=O) groups is 1. The van der Waals surface area contributed by atoms with E-state index in [0.29, 0.717) is 35.4 Å². The van der Waals surface area contributed by atoms with Crippen molar-refractivity contribution in [1.82, 2.24) is 15.3 Å². The number of aromatic amines is 1. The Morgan fingerprint density at radius 1 is 1.28 bits per heavy atom. The van der Waals surface area contributed by atoms with Gasteiger partial charge in [0.05, 0.1) is 22.4 Å². The van der Waals surface area contributed by atoms with Crippen LogP contribution in [0.25, 0.3) is 11.0 Å². The maximum atomic E-state index is 13.1. The fourth-order valence-corrected chi connectivity index (χ4v) is 2.55. The second-order valence-electron chi connectivity index (χ2n) is 5.51. The lowest BCUT2D eigenvalue weighted by molar-refractivity contribution is -0.385. The van der Waals surface area contributed by atoms with Crippen molar-refractivity contribution in [2.45, 2.75) is 12.8 Å². The first-order valence-corrected chi connectivity index (χ1v) is 7.66. The number of hydrogen-bond acceptors (Lipinski definition) is 4. The zero-order valence-electron chi connectivity index (χ0n) is 13.2. The van der Waals surface area contributed by atoms with Gasteiger partial charge in [0.1, 0.15) is 11.6 Å². The lowest BCUT2D eigenvalue weighted by atomic mass is 10.1. The van der Waals surface area contributed by atoms with E-state index >= 15 is 0 Å². The summed E-state index contributed by atoms with van der Waals surface area (Å²) in [6, 6.07) is 10.4. The van der Waals surface area contributed by atoms with Crippen LogP contribution in [0.4, 0.5) is 10.1 Å². The number of benzene rings is 2. The normalized spacial score (nSPS) is 10.8. The molecular formula is C17H15FN4O3. The minimum Gasteiger partial charge on any atom is -0.355 e. The molecule has 0 spiro atoms. The van der Waals surface area contributed by atoms with E-state index in [1.807, 2.05) is 0 Å². The van der Waals surface area contributed by atoms with E-state index in [1.54, 1.807) is 24.3 Å². The highest BCUT2D eigenvalue weighted by Crippen LogP contribution is 2.18. The van der Waals surface area contributed by atoms with Crippen molar-refractivity contribution in [3.05, 3.63) is 69.8 Å². The number of aromatic nitrogens is 2. The highest BCUT2D eigenvalue weighted by atomic mass is 19.1. The van der Waals surface area contributed by atoms with Crippen LogP contribution in [0.5, 0.6) is 0 Å². The van der Waals surface area contributed by atoms with Crippen LogP contribution in [0.15, 0.2) is 42.5 Å². The van der Waals surface area contributed by atoms with Crippen molar-refractivity contribution in [3.8, 4) is 0 Å². The highest BCUT2D eigenvalue weighted by Gasteiger charge is 2.15. The SMILES string of the molecule is O=C(Cc1ccccc1[N+](=O)[O-])NCCc1nc2ccc(F)cc2[nH]1. The van der Waals surface area contributed by atoms with Crippen LogP contribution in [-0.2, 0) is 17.6 Å². The minimum atomic E-state index is -0.504. The summed E-state index contributed by atoms with van der Waals surface area (Å²) in [7, 11) is 0. The summed E-state index contributed by atoms with van der Waals surface area (Å²) in [5, 5.41) is 13.7. The summed E-state index contributed by atoms with van der Waals surface area (Å²) in [6.07, 6.45) is 0.376. The van der Waals surface area contributed by atoms with Gasteiger partial charge in [-0.3, -0.25) is 14.9 Å². The lowest BCUT2D eigenvalue weighted by Crippen LogP contribution is -2.27. The maximum Gasteiger partial charge on any atom is 0.273 e. The predicted octanol–water partition coefficient (Wildman–Crippen LogP) is 2.51. The fourth-order valence-electron chi connectivity index (χ4n) is 2.55. The third kappa shape index (κ3) is 3.97. The Hall–Kier alpha value is -3.29. The molecule has 128 valence electrons. The molecule has 0 aliphatic heterocycles. The summed E-state index contributed by atoms with van der Waals surface area (Å²) in [5.41, 5.74) is 1.55. The van der Waals surface area contributed by atoms with Crippen molar-refractivity contribution < 1.29 is 14.1 Å². The van der Waals surface area contributed by atoms with Crippen LogP contribution in [-0.4, -0.2) is 27.3 Å². The van der Waals surface area contributed by atoms with E-state index in [4.69, 9.17) is 0 Å². The van der Waals surface area contributed by atoms with Crippen molar-refractivity contribution >= 4 is 22.6 Å². The van der Waals surface area contributed by atoms with Gasteiger partial charge >= 0.3 is 0 Å². The molecule has 1 heterocycles. The molecule has 25 heavy (non-hydrogen) atoms. The molecule has 1 aromatic heterocycles. The average Bonchev–Trinajstić information content (AvgIpc) is 2.96. The molecule has 7 nitrogen and oxygen atoms in total. The van der Waals surface area contributed by atoms with Crippen LogP contribution in [0.1, 0.15) is 11.4 Å². The molecule has 0 saturated heterocycles. The number of fused-ring (bicyclic) bond motifs is 1. The number of nitrogens with one attached hydrogen (secondary N) is 2. The van der Waals surface area contributed by atoms with Gasteiger partial charge in [-0.15, -0.1) is 0 Å². The van der Waals surface area contributed by atoms with Gasteiger partial charge in [0, 0.05) is 24.6 Å². The van der Waals surface area contributed by atoms with Gasteiger partial charge in [0.15, 0.2) is 0 Å². The molecule has 0 fully saturated rings. The van der Waals surface area contributed by atoms with E-state index in [1.165, 1.54) is 18.2 Å². The molecule has 0 atom stereocenters. The van der Waals surface area contributed by atoms with E-state index in [9.17, 15) is 19.3 Å². The molecule has 2 N–H and O–H groups in total. The molecule has 0 bridgehead atoms. The third-order valence-corrected chi connectivity index (χ3v) is 3.72. The van der Waals surface area contributed by atoms with Crippen LogP contribution in [0.2, 0.25) is 0 Å². The first-order valence-electron chi connectivity index (χ1n) is 7.66. The minimum absolute atomic E-state index is 0.0670. The fraction of sp³-hybridized carbons (Fsp3) is 0.176. The first kappa shape index (κ1) is 16.6. The third-order valence-electron chi connectivity index (χ3n) is 3.72. The van der Waals surface area contributed by atoms with E-state index in [0.717, 1.165) is 0 Å². The van der Waals surface area contributed by atoms with E-state index in [2.05, 4.69) is 15.3 Å². The molecule has 3 rings (SSSR count). The molecular weight excluding hydrogens is 327 g/mol. The zero-order valence-corrected chi connectivity index (χ0v) is 13.2. The van der Waals surface area contributed by atoms with Gasteiger partial charge in [0.25, 0.3) is 5.69 Å². The Morgan fingerprint density at radius 2 is 2.08 bits per heavy atom. The number of nitro benzene ring substituents is 1. The highest BCUT2D eigenvalue weighted by molar-refractivity contribution is 5.79.